The molecule has 0 spiro atoms. The van der Waals surface area contributed by atoms with Crippen LogP contribution in [0.25, 0.3) is 0 Å². The van der Waals surface area contributed by atoms with Crippen LogP contribution >= 0.6 is 0 Å². The molecule has 3 N–H and O–H groups in total. The highest BCUT2D eigenvalue weighted by atomic mass is 16.3. The fourth-order valence-corrected chi connectivity index (χ4v) is 0.497. The Morgan fingerprint density at radius 1 is 1.30 bits per heavy atom. The third-order valence-corrected chi connectivity index (χ3v) is 0.917. The van der Waals surface area contributed by atoms with E-state index in [1.165, 1.54) is 6.21 Å². The van der Waals surface area contributed by atoms with Gasteiger partial charge in [-0.1, -0.05) is 0 Å². The van der Waals surface area contributed by atoms with Crippen molar-refractivity contribution < 1.29 is 10.2 Å². The van der Waals surface area contributed by atoms with Crippen molar-refractivity contribution in [3.8, 4) is 0 Å². The minimum absolute atomic E-state index is 0. The number of nitrogens with zero attached hydrogens (tertiary/aromatic N) is 1. The molecule has 0 aliphatic heterocycles. The van der Waals surface area contributed by atoms with Crippen molar-refractivity contribution in [1.82, 2.24) is 5.32 Å². The highest BCUT2D eigenvalue weighted by molar-refractivity contribution is 5.57. The van der Waals surface area contributed by atoms with Crippen molar-refractivity contribution in [2.24, 2.45) is 4.99 Å². The van der Waals surface area contributed by atoms with Crippen LogP contribution < -0.4 is 5.32 Å². The average molecular weight is 146 g/mol. The summed E-state index contributed by atoms with van der Waals surface area (Å²) in [5, 5.41) is 19.5. The van der Waals surface area contributed by atoms with Crippen LogP contribution in [0.4, 0.5) is 0 Å². The second-order valence-electron chi connectivity index (χ2n) is 1.74. The Kier molecular flexibility index (Phi) is 8.17. The minimum atomic E-state index is 0. The summed E-state index contributed by atoms with van der Waals surface area (Å²) in [7, 11) is 0. The second-order valence-corrected chi connectivity index (χ2v) is 1.74. The monoisotopic (exact) mass is 146 g/mol. The highest BCUT2D eigenvalue weighted by Crippen LogP contribution is 1.65. The predicted octanol–water partition coefficient (Wildman–Crippen LogP) is -1.37. The Balaban J connectivity index is 2.83. The molecule has 4 heteroatoms. The lowest BCUT2D eigenvalue weighted by atomic mass is 10.6. The molecule has 10 heavy (non-hydrogen) atoms. The van der Waals surface area contributed by atoms with E-state index < -0.39 is 0 Å². The van der Waals surface area contributed by atoms with Gasteiger partial charge in [-0.2, -0.15) is 0 Å². The Bertz CT molecular complexity index is 85.8. The molecular weight excluding hydrogens is 132 g/mol. The first-order chi connectivity index (χ1) is 4.91. The van der Waals surface area contributed by atoms with E-state index in [4.69, 9.17) is 10.2 Å². The van der Waals surface area contributed by atoms with Gasteiger partial charge in [0, 0.05) is 19.3 Å². The molecule has 0 aromatic rings. The summed E-state index contributed by atoms with van der Waals surface area (Å²) in [6, 6.07) is 0. The first kappa shape index (κ1) is 9.55. The van der Waals surface area contributed by atoms with Gasteiger partial charge in [-0.05, 0) is 0 Å². The zero-order valence-corrected chi connectivity index (χ0v) is 5.95. The van der Waals surface area contributed by atoms with Crippen LogP contribution in [-0.2, 0) is 0 Å². The molecule has 0 saturated heterocycles. The molecule has 4 nitrogen and oxygen atoms in total. The van der Waals surface area contributed by atoms with Gasteiger partial charge < -0.3 is 15.5 Å². The summed E-state index contributed by atoms with van der Waals surface area (Å²) in [5.74, 6) is 0. The van der Waals surface area contributed by atoms with Gasteiger partial charge in [0.1, 0.15) is 0 Å². The van der Waals surface area contributed by atoms with Crippen LogP contribution in [0.2, 0.25) is 0 Å². The summed E-state index contributed by atoms with van der Waals surface area (Å²) in [4.78, 5) is 3.84. The molecule has 0 unspecified atom stereocenters. The number of rotatable bonds is 6. The van der Waals surface area contributed by atoms with Crippen LogP contribution in [0.15, 0.2) is 4.99 Å². The van der Waals surface area contributed by atoms with E-state index in [9.17, 15) is 0 Å². The quantitative estimate of drug-likeness (QED) is 0.320. The Hall–Kier alpha value is -0.450. The van der Waals surface area contributed by atoms with E-state index in [0.717, 1.165) is 6.54 Å². The Labute approximate surface area is 60.6 Å². The number of hydrogen-bond donors (Lipinski definition) is 3. The summed E-state index contributed by atoms with van der Waals surface area (Å²) in [6.07, 6.45) is 1.46. The molecule has 0 saturated carbocycles. The fraction of sp³-hybridized carbons (Fsp3) is 0.833. The Morgan fingerprint density at radius 2 is 2.10 bits per heavy atom. The van der Waals surface area contributed by atoms with Crippen molar-refractivity contribution in [2.75, 3.05) is 32.8 Å². The molecule has 0 rings (SSSR count). The van der Waals surface area contributed by atoms with Gasteiger partial charge in [0.15, 0.2) is 0 Å². The molecule has 0 aromatic carbocycles. The SMILES string of the molecule is OCC=NCCNCCO. The first-order valence-electron chi connectivity index (χ1n) is 3.32. The molecule has 0 radical (unpaired) electrons. The second kappa shape index (κ2) is 8.55. The number of aliphatic hydroxyl groups excluding tert-OH is 2. The largest absolute Gasteiger partial charge is 0.395 e. The first-order valence-corrected chi connectivity index (χ1v) is 3.32. The van der Waals surface area contributed by atoms with E-state index in [0.29, 0.717) is 13.1 Å². The van der Waals surface area contributed by atoms with Gasteiger partial charge in [0.2, 0.25) is 0 Å². The summed E-state index contributed by atoms with van der Waals surface area (Å²) in [6.45, 7) is 2.16. The zero-order valence-electron chi connectivity index (χ0n) is 5.95. The number of aliphatic imine (C=N–C) groups is 1. The molecular formula is C6H14N2O2. The minimum Gasteiger partial charge on any atom is -0.395 e. The van der Waals surface area contributed by atoms with Crippen LogP contribution in [0.3, 0.4) is 0 Å². The van der Waals surface area contributed by atoms with Crippen LogP contribution in [-0.4, -0.2) is 49.3 Å². The normalized spacial score (nSPS) is 11.0. The van der Waals surface area contributed by atoms with Gasteiger partial charge in [-0.15, -0.1) is 0 Å². The molecule has 0 bridgehead atoms. The molecule has 0 aliphatic carbocycles. The number of hydrogen-bond acceptors (Lipinski definition) is 4. The molecule has 0 fully saturated rings. The average Bonchev–Trinajstić information content (AvgIpc) is 1.97. The van der Waals surface area contributed by atoms with Crippen molar-refractivity contribution in [3.63, 3.8) is 0 Å². The van der Waals surface area contributed by atoms with Gasteiger partial charge in [0.05, 0.1) is 19.8 Å². The lowest BCUT2D eigenvalue weighted by molar-refractivity contribution is 0.293. The maximum absolute atomic E-state index is 8.33. The predicted molar refractivity (Wildman–Crippen MR) is 40.4 cm³/mol. The maximum Gasteiger partial charge on any atom is 0.0779 e. The van der Waals surface area contributed by atoms with Gasteiger partial charge >= 0.3 is 0 Å². The van der Waals surface area contributed by atoms with Crippen LogP contribution in [0.1, 0.15) is 0 Å². The number of aliphatic hydroxyl groups is 2. The summed E-state index contributed by atoms with van der Waals surface area (Å²) >= 11 is 0. The van der Waals surface area contributed by atoms with Gasteiger partial charge in [-0.25, -0.2) is 0 Å². The Morgan fingerprint density at radius 3 is 2.70 bits per heavy atom. The smallest absolute Gasteiger partial charge is 0.0779 e. The summed E-state index contributed by atoms with van der Waals surface area (Å²) < 4.78 is 0. The molecule has 0 atom stereocenters. The van der Waals surface area contributed by atoms with Crippen molar-refractivity contribution in [1.29, 1.82) is 0 Å². The highest BCUT2D eigenvalue weighted by Gasteiger charge is 1.81. The van der Waals surface area contributed by atoms with Crippen molar-refractivity contribution in [2.45, 2.75) is 0 Å². The van der Waals surface area contributed by atoms with Crippen LogP contribution in [0.5, 0.6) is 0 Å². The van der Waals surface area contributed by atoms with E-state index in [1.807, 2.05) is 0 Å². The lowest BCUT2D eigenvalue weighted by Crippen LogP contribution is -2.21. The van der Waals surface area contributed by atoms with Crippen molar-refractivity contribution >= 4 is 6.21 Å². The number of nitrogens with one attached hydrogen (secondary N) is 1. The van der Waals surface area contributed by atoms with E-state index in [1.54, 1.807) is 0 Å². The fourth-order valence-electron chi connectivity index (χ4n) is 0.497. The van der Waals surface area contributed by atoms with Gasteiger partial charge in [-0.3, -0.25) is 4.99 Å². The van der Waals surface area contributed by atoms with E-state index in [2.05, 4.69) is 10.3 Å². The zero-order chi connectivity index (χ0) is 7.66. The van der Waals surface area contributed by atoms with E-state index in [-0.39, 0.29) is 13.2 Å². The standard InChI is InChI=1S/C6H14N2O2/c9-5-3-7-1-2-8-4-6-10/h3,8-10H,1-2,4-6H2. The third-order valence-electron chi connectivity index (χ3n) is 0.917. The lowest BCUT2D eigenvalue weighted by Gasteiger charge is -1.96. The van der Waals surface area contributed by atoms with Crippen LogP contribution in [0, 0.1) is 0 Å². The summed E-state index contributed by atoms with van der Waals surface area (Å²) in [5.41, 5.74) is 0. The van der Waals surface area contributed by atoms with E-state index >= 15 is 0 Å². The van der Waals surface area contributed by atoms with Gasteiger partial charge in [0.25, 0.3) is 0 Å². The topological polar surface area (TPSA) is 64.9 Å². The molecule has 0 aliphatic rings. The third kappa shape index (κ3) is 7.55. The maximum atomic E-state index is 8.33. The molecule has 60 valence electrons. The van der Waals surface area contributed by atoms with Crippen molar-refractivity contribution in [3.05, 3.63) is 0 Å². The molecule has 0 aromatic heterocycles. The molecule has 0 heterocycles. The molecule has 0 amide bonds.